The van der Waals surface area contributed by atoms with Gasteiger partial charge in [0.2, 0.25) is 5.91 Å². The Hall–Kier alpha value is -3.38. The van der Waals surface area contributed by atoms with Gasteiger partial charge in [0, 0.05) is 29.7 Å². The second-order valence-corrected chi connectivity index (χ2v) is 7.88. The SMILES string of the molecule is C=O.C=O.CC.Cc1ccc(CN2CCC(C(=O)Nc3ccc4ncccc4c3)CC2)c(C)c1. The predicted molar refractivity (Wildman–Crippen MR) is 140 cm³/mol. The minimum absolute atomic E-state index is 0.0833. The Labute approximate surface area is 203 Å². The van der Waals surface area contributed by atoms with Gasteiger partial charge < -0.3 is 14.9 Å². The second-order valence-electron chi connectivity index (χ2n) is 7.88. The Kier molecular flexibility index (Phi) is 13.0. The molecule has 0 saturated carbocycles. The van der Waals surface area contributed by atoms with Crippen LogP contribution in [-0.4, -0.2) is 42.5 Å². The number of benzene rings is 2. The van der Waals surface area contributed by atoms with Gasteiger partial charge in [-0.15, -0.1) is 0 Å². The first-order valence-corrected chi connectivity index (χ1v) is 11.6. The second kappa shape index (κ2) is 15.5. The molecular formula is C28H37N3O3. The number of nitrogens with one attached hydrogen (secondary N) is 1. The molecule has 4 rings (SSSR count). The number of likely N-dealkylation sites (tertiary alicyclic amines) is 1. The van der Waals surface area contributed by atoms with Crippen molar-refractivity contribution >= 4 is 36.1 Å². The normalized spacial score (nSPS) is 13.3. The third-order valence-electron chi connectivity index (χ3n) is 5.72. The van der Waals surface area contributed by atoms with E-state index in [0.717, 1.165) is 49.1 Å². The van der Waals surface area contributed by atoms with Gasteiger partial charge in [-0.25, -0.2) is 0 Å². The van der Waals surface area contributed by atoms with Gasteiger partial charge in [-0.1, -0.05) is 43.7 Å². The average molecular weight is 464 g/mol. The molecule has 0 aliphatic carbocycles. The van der Waals surface area contributed by atoms with Crippen molar-refractivity contribution in [2.75, 3.05) is 18.4 Å². The molecule has 0 spiro atoms. The molecule has 0 radical (unpaired) electrons. The molecule has 1 aromatic heterocycles. The van der Waals surface area contributed by atoms with Crippen LogP contribution in [0, 0.1) is 19.8 Å². The van der Waals surface area contributed by atoms with Crippen LogP contribution in [0.3, 0.4) is 0 Å². The fraction of sp³-hybridized carbons (Fsp3) is 0.357. The predicted octanol–water partition coefficient (Wildman–Crippen LogP) is 5.36. The molecule has 2 heterocycles. The van der Waals surface area contributed by atoms with E-state index in [1.807, 2.05) is 57.8 Å². The molecule has 1 aliphatic heterocycles. The maximum Gasteiger partial charge on any atom is 0.227 e. The molecule has 1 aliphatic rings. The van der Waals surface area contributed by atoms with E-state index in [1.165, 1.54) is 16.7 Å². The molecule has 1 N–H and O–H groups in total. The lowest BCUT2D eigenvalue weighted by Gasteiger charge is -2.31. The maximum absolute atomic E-state index is 12.7. The zero-order valence-electron chi connectivity index (χ0n) is 20.8. The lowest BCUT2D eigenvalue weighted by atomic mass is 9.95. The number of piperidine rings is 1. The summed E-state index contributed by atoms with van der Waals surface area (Å²) < 4.78 is 0. The van der Waals surface area contributed by atoms with Crippen molar-refractivity contribution in [3.05, 3.63) is 71.4 Å². The zero-order valence-corrected chi connectivity index (χ0v) is 20.8. The van der Waals surface area contributed by atoms with Crippen molar-refractivity contribution in [1.29, 1.82) is 0 Å². The number of pyridine rings is 1. The van der Waals surface area contributed by atoms with Crippen molar-refractivity contribution in [2.45, 2.75) is 47.1 Å². The highest BCUT2D eigenvalue weighted by molar-refractivity contribution is 5.95. The van der Waals surface area contributed by atoms with Crippen LogP contribution >= 0.6 is 0 Å². The molecule has 1 amide bonds. The van der Waals surface area contributed by atoms with Crippen LogP contribution in [0.4, 0.5) is 5.69 Å². The van der Waals surface area contributed by atoms with Crippen molar-refractivity contribution in [3.63, 3.8) is 0 Å². The summed E-state index contributed by atoms with van der Waals surface area (Å²) in [4.78, 5) is 35.5. The van der Waals surface area contributed by atoms with Crippen LogP contribution in [0.5, 0.6) is 0 Å². The summed E-state index contributed by atoms with van der Waals surface area (Å²) in [5, 5.41) is 4.14. The third kappa shape index (κ3) is 8.19. The number of nitrogens with zero attached hydrogens (tertiary/aromatic N) is 2. The number of fused-ring (bicyclic) bond motifs is 1. The summed E-state index contributed by atoms with van der Waals surface area (Å²) in [5.41, 5.74) is 5.84. The van der Waals surface area contributed by atoms with E-state index in [-0.39, 0.29) is 11.8 Å². The highest BCUT2D eigenvalue weighted by atomic mass is 16.1. The average Bonchev–Trinajstić information content (AvgIpc) is 2.89. The van der Waals surface area contributed by atoms with Gasteiger partial charge in [0.15, 0.2) is 0 Å². The van der Waals surface area contributed by atoms with E-state index in [4.69, 9.17) is 9.59 Å². The highest BCUT2D eigenvalue weighted by Crippen LogP contribution is 2.23. The van der Waals surface area contributed by atoms with Crippen molar-refractivity contribution in [2.24, 2.45) is 5.92 Å². The number of hydrogen-bond acceptors (Lipinski definition) is 5. The van der Waals surface area contributed by atoms with Gasteiger partial charge in [0.25, 0.3) is 0 Å². The topological polar surface area (TPSA) is 79.4 Å². The molecule has 34 heavy (non-hydrogen) atoms. The first-order chi connectivity index (χ1) is 16.6. The first-order valence-electron chi connectivity index (χ1n) is 11.6. The fourth-order valence-corrected chi connectivity index (χ4v) is 4.02. The van der Waals surface area contributed by atoms with Crippen molar-refractivity contribution in [1.82, 2.24) is 9.88 Å². The lowest BCUT2D eigenvalue weighted by molar-refractivity contribution is -0.121. The summed E-state index contributed by atoms with van der Waals surface area (Å²) in [6.45, 7) is 15.2. The van der Waals surface area contributed by atoms with Crippen LogP contribution in [0.2, 0.25) is 0 Å². The summed E-state index contributed by atoms with van der Waals surface area (Å²) in [5.74, 6) is 0.217. The van der Waals surface area contributed by atoms with Gasteiger partial charge in [-0.2, -0.15) is 0 Å². The van der Waals surface area contributed by atoms with Crippen LogP contribution in [-0.2, 0) is 20.9 Å². The van der Waals surface area contributed by atoms with E-state index in [1.54, 1.807) is 6.20 Å². The molecule has 0 unspecified atom stereocenters. The Balaban J connectivity index is 0.000000894. The van der Waals surface area contributed by atoms with E-state index in [2.05, 4.69) is 47.2 Å². The van der Waals surface area contributed by atoms with Crippen LogP contribution < -0.4 is 5.32 Å². The smallest absolute Gasteiger partial charge is 0.227 e. The van der Waals surface area contributed by atoms with Gasteiger partial charge in [-0.3, -0.25) is 14.7 Å². The van der Waals surface area contributed by atoms with Crippen molar-refractivity contribution < 1.29 is 14.4 Å². The van der Waals surface area contributed by atoms with Gasteiger partial charge >= 0.3 is 0 Å². The van der Waals surface area contributed by atoms with Crippen LogP contribution in [0.25, 0.3) is 10.9 Å². The molecule has 3 aromatic rings. The monoisotopic (exact) mass is 463 g/mol. The molecule has 182 valence electrons. The number of rotatable bonds is 4. The Morgan fingerprint density at radius 2 is 1.68 bits per heavy atom. The first kappa shape index (κ1) is 28.7. The van der Waals surface area contributed by atoms with E-state index < -0.39 is 0 Å². The summed E-state index contributed by atoms with van der Waals surface area (Å²) in [6, 6.07) is 16.5. The standard InChI is InChI=1S/C24H27N3O.C2H6.2CH2O/c1-17-5-6-21(18(2)14-17)16-27-12-9-19(10-13-27)24(28)26-22-7-8-23-20(15-22)4-3-11-25-23;3*1-2/h3-8,11,14-15,19H,9-10,12-13,16H2,1-2H3,(H,26,28);1-2H3;2*1H2. The molecule has 2 aromatic carbocycles. The molecule has 1 fully saturated rings. The lowest BCUT2D eigenvalue weighted by Crippen LogP contribution is -2.37. The highest BCUT2D eigenvalue weighted by Gasteiger charge is 2.25. The Morgan fingerprint density at radius 3 is 2.32 bits per heavy atom. The van der Waals surface area contributed by atoms with Gasteiger partial charge in [-0.05, 0) is 75.2 Å². The molecule has 0 bridgehead atoms. The molecular weight excluding hydrogens is 426 g/mol. The zero-order chi connectivity index (χ0) is 25.5. The number of anilines is 1. The third-order valence-corrected chi connectivity index (χ3v) is 5.72. The number of amides is 1. The molecule has 6 nitrogen and oxygen atoms in total. The largest absolute Gasteiger partial charge is 0.326 e. The molecule has 0 atom stereocenters. The Bertz CT molecular complexity index is 1030. The number of carbonyl (C=O) groups excluding carboxylic acids is 3. The van der Waals surface area contributed by atoms with Crippen molar-refractivity contribution in [3.8, 4) is 0 Å². The fourth-order valence-electron chi connectivity index (χ4n) is 4.02. The van der Waals surface area contributed by atoms with Gasteiger partial charge in [0.05, 0.1) is 5.52 Å². The Morgan fingerprint density at radius 1 is 1.00 bits per heavy atom. The number of carbonyl (C=O) groups is 3. The minimum atomic E-state index is 0.0833. The van der Waals surface area contributed by atoms with E-state index in [9.17, 15) is 4.79 Å². The molecule has 1 saturated heterocycles. The van der Waals surface area contributed by atoms with Gasteiger partial charge in [0.1, 0.15) is 13.6 Å². The number of hydrogen-bond donors (Lipinski definition) is 1. The van der Waals surface area contributed by atoms with Crippen LogP contribution in [0.1, 0.15) is 43.4 Å². The number of aromatic nitrogens is 1. The summed E-state index contributed by atoms with van der Waals surface area (Å²) >= 11 is 0. The van der Waals surface area contributed by atoms with Crippen LogP contribution in [0.15, 0.2) is 54.7 Å². The summed E-state index contributed by atoms with van der Waals surface area (Å²) in [6.07, 6.45) is 3.60. The number of aryl methyl sites for hydroxylation is 2. The van der Waals surface area contributed by atoms with E-state index in [0.29, 0.717) is 0 Å². The quantitative estimate of drug-likeness (QED) is 0.564. The van der Waals surface area contributed by atoms with E-state index >= 15 is 0 Å². The maximum atomic E-state index is 12.7. The minimum Gasteiger partial charge on any atom is -0.326 e. The molecule has 6 heteroatoms. The summed E-state index contributed by atoms with van der Waals surface area (Å²) in [7, 11) is 0.